The monoisotopic (exact) mass is 249 g/mol. The van der Waals surface area contributed by atoms with Crippen molar-refractivity contribution in [2.75, 3.05) is 24.7 Å². The van der Waals surface area contributed by atoms with Crippen LogP contribution in [-0.4, -0.2) is 50.1 Å². The molecule has 6 heteroatoms. The summed E-state index contributed by atoms with van der Waals surface area (Å²) in [6.45, 7) is 4.57. The topological polar surface area (TPSA) is 63.7 Å². The van der Waals surface area contributed by atoms with Gasteiger partial charge in [-0.2, -0.15) is 0 Å². The molecule has 1 saturated heterocycles. The van der Waals surface area contributed by atoms with Gasteiger partial charge in [-0.25, -0.2) is 13.2 Å². The maximum Gasteiger partial charge on any atom is 0.410 e. The SMILES string of the molecule is CCCN(C(=O)OCC)C1CCS(=O)(=O)C1. The molecule has 0 radical (unpaired) electrons. The Balaban J connectivity index is 2.67. The number of sulfone groups is 1. The normalized spacial score (nSPS) is 23.0. The minimum absolute atomic E-state index is 0.0752. The minimum atomic E-state index is -2.96. The average molecular weight is 249 g/mol. The molecule has 1 fully saturated rings. The van der Waals surface area contributed by atoms with Crippen LogP contribution in [0.5, 0.6) is 0 Å². The van der Waals surface area contributed by atoms with Crippen LogP contribution in [0.1, 0.15) is 26.7 Å². The minimum Gasteiger partial charge on any atom is -0.450 e. The molecule has 0 aliphatic carbocycles. The molecular weight excluding hydrogens is 230 g/mol. The summed E-state index contributed by atoms with van der Waals surface area (Å²) in [5.41, 5.74) is 0. The number of hydrogen-bond donors (Lipinski definition) is 0. The molecule has 1 aliphatic heterocycles. The van der Waals surface area contributed by atoms with Crippen LogP contribution in [0, 0.1) is 0 Å². The lowest BCUT2D eigenvalue weighted by Crippen LogP contribution is -2.41. The number of hydrogen-bond acceptors (Lipinski definition) is 4. The lowest BCUT2D eigenvalue weighted by molar-refractivity contribution is 0.0941. The van der Waals surface area contributed by atoms with Crippen molar-refractivity contribution in [3.05, 3.63) is 0 Å². The number of rotatable bonds is 4. The van der Waals surface area contributed by atoms with Crippen molar-refractivity contribution in [2.24, 2.45) is 0 Å². The molecule has 1 unspecified atom stereocenters. The Labute approximate surface area is 96.7 Å². The van der Waals surface area contributed by atoms with E-state index in [9.17, 15) is 13.2 Å². The summed E-state index contributed by atoms with van der Waals surface area (Å²) < 4.78 is 27.6. The molecule has 0 aromatic carbocycles. The molecular formula is C10H19NO4S. The fourth-order valence-electron chi connectivity index (χ4n) is 1.89. The molecule has 5 nitrogen and oxygen atoms in total. The zero-order valence-electron chi connectivity index (χ0n) is 9.81. The molecule has 16 heavy (non-hydrogen) atoms. The van der Waals surface area contributed by atoms with E-state index < -0.39 is 15.9 Å². The van der Waals surface area contributed by atoms with Crippen molar-refractivity contribution in [3.8, 4) is 0 Å². The van der Waals surface area contributed by atoms with Gasteiger partial charge in [0.05, 0.1) is 18.1 Å². The van der Waals surface area contributed by atoms with Crippen molar-refractivity contribution in [1.82, 2.24) is 4.90 Å². The van der Waals surface area contributed by atoms with Crippen LogP contribution in [0.4, 0.5) is 4.79 Å². The molecule has 94 valence electrons. The number of ether oxygens (including phenoxy) is 1. The van der Waals surface area contributed by atoms with Gasteiger partial charge in [-0.1, -0.05) is 6.92 Å². The van der Waals surface area contributed by atoms with Gasteiger partial charge in [-0.15, -0.1) is 0 Å². The summed E-state index contributed by atoms with van der Waals surface area (Å²) in [5.74, 6) is 0.253. The Morgan fingerprint density at radius 3 is 2.56 bits per heavy atom. The average Bonchev–Trinajstić information content (AvgIpc) is 2.55. The van der Waals surface area contributed by atoms with Crippen LogP contribution in [0.2, 0.25) is 0 Å². The van der Waals surface area contributed by atoms with Crippen molar-refractivity contribution < 1.29 is 17.9 Å². The molecule has 0 spiro atoms. The molecule has 1 atom stereocenters. The van der Waals surface area contributed by atoms with Gasteiger partial charge in [0.15, 0.2) is 9.84 Å². The van der Waals surface area contributed by atoms with Crippen LogP contribution in [-0.2, 0) is 14.6 Å². The van der Waals surface area contributed by atoms with Crippen molar-refractivity contribution in [2.45, 2.75) is 32.7 Å². The summed E-state index contributed by atoms with van der Waals surface area (Å²) in [5, 5.41) is 0. The first-order chi connectivity index (χ1) is 7.50. The van der Waals surface area contributed by atoms with Gasteiger partial charge in [0.25, 0.3) is 0 Å². The highest BCUT2D eigenvalue weighted by molar-refractivity contribution is 7.91. The Kier molecular flexibility index (Phi) is 4.58. The van der Waals surface area contributed by atoms with E-state index in [0.717, 1.165) is 6.42 Å². The second-order valence-corrected chi connectivity index (χ2v) is 6.18. The van der Waals surface area contributed by atoms with Gasteiger partial charge in [0, 0.05) is 12.6 Å². The zero-order chi connectivity index (χ0) is 12.2. The van der Waals surface area contributed by atoms with Gasteiger partial charge in [-0.05, 0) is 19.8 Å². The van der Waals surface area contributed by atoms with Gasteiger partial charge < -0.3 is 9.64 Å². The third-order valence-electron chi connectivity index (χ3n) is 2.62. The quantitative estimate of drug-likeness (QED) is 0.747. The van der Waals surface area contributed by atoms with Gasteiger partial charge in [0.2, 0.25) is 0 Å². The summed E-state index contributed by atoms with van der Waals surface area (Å²) in [6, 6.07) is -0.205. The smallest absolute Gasteiger partial charge is 0.410 e. The second-order valence-electron chi connectivity index (χ2n) is 3.95. The Morgan fingerprint density at radius 1 is 1.44 bits per heavy atom. The van der Waals surface area contributed by atoms with Crippen LogP contribution in [0.25, 0.3) is 0 Å². The van der Waals surface area contributed by atoms with Crippen LogP contribution < -0.4 is 0 Å². The predicted octanol–water partition coefficient (Wildman–Crippen LogP) is 1.04. The van der Waals surface area contributed by atoms with E-state index >= 15 is 0 Å². The highest BCUT2D eigenvalue weighted by Crippen LogP contribution is 2.18. The van der Waals surface area contributed by atoms with Crippen molar-refractivity contribution in [3.63, 3.8) is 0 Å². The lowest BCUT2D eigenvalue weighted by Gasteiger charge is -2.26. The third kappa shape index (κ3) is 3.37. The van der Waals surface area contributed by atoms with E-state index in [0.29, 0.717) is 19.6 Å². The molecule has 1 aliphatic rings. The molecule has 0 aromatic rings. The molecule has 0 N–H and O–H groups in total. The molecule has 0 aromatic heterocycles. The van der Waals surface area contributed by atoms with Crippen LogP contribution in [0.15, 0.2) is 0 Å². The van der Waals surface area contributed by atoms with E-state index in [1.165, 1.54) is 0 Å². The maximum atomic E-state index is 11.6. The molecule has 1 heterocycles. The Bertz CT molecular complexity index is 339. The van der Waals surface area contributed by atoms with Gasteiger partial charge in [0.1, 0.15) is 0 Å². The summed E-state index contributed by atoms with van der Waals surface area (Å²) in [7, 11) is -2.96. The highest BCUT2D eigenvalue weighted by Gasteiger charge is 2.34. The van der Waals surface area contributed by atoms with E-state index in [-0.39, 0.29) is 17.5 Å². The fourth-order valence-corrected chi connectivity index (χ4v) is 3.62. The van der Waals surface area contributed by atoms with E-state index in [2.05, 4.69) is 0 Å². The Morgan fingerprint density at radius 2 is 2.12 bits per heavy atom. The fraction of sp³-hybridized carbons (Fsp3) is 0.900. The van der Waals surface area contributed by atoms with E-state index in [1.54, 1.807) is 11.8 Å². The summed E-state index contributed by atoms with van der Waals surface area (Å²) in [4.78, 5) is 13.2. The van der Waals surface area contributed by atoms with E-state index in [4.69, 9.17) is 4.74 Å². The molecule has 1 rings (SSSR count). The van der Waals surface area contributed by atoms with Crippen LogP contribution in [0.3, 0.4) is 0 Å². The molecule has 1 amide bonds. The van der Waals surface area contributed by atoms with Crippen molar-refractivity contribution in [1.29, 1.82) is 0 Å². The third-order valence-corrected chi connectivity index (χ3v) is 4.37. The standard InChI is InChI=1S/C10H19NO4S/c1-3-6-11(10(12)15-4-2)9-5-7-16(13,14)8-9/h9H,3-8H2,1-2H3. The zero-order valence-corrected chi connectivity index (χ0v) is 10.6. The maximum absolute atomic E-state index is 11.6. The first kappa shape index (κ1) is 13.3. The molecule has 0 saturated carbocycles. The predicted molar refractivity (Wildman–Crippen MR) is 61.1 cm³/mol. The Hall–Kier alpha value is -0.780. The first-order valence-electron chi connectivity index (χ1n) is 5.64. The number of nitrogens with zero attached hydrogens (tertiary/aromatic N) is 1. The second kappa shape index (κ2) is 5.52. The van der Waals surface area contributed by atoms with Crippen molar-refractivity contribution >= 4 is 15.9 Å². The number of amides is 1. The highest BCUT2D eigenvalue weighted by atomic mass is 32.2. The van der Waals surface area contributed by atoms with Gasteiger partial charge >= 0.3 is 6.09 Å². The lowest BCUT2D eigenvalue weighted by atomic mass is 10.2. The van der Waals surface area contributed by atoms with Crippen LogP contribution >= 0.6 is 0 Å². The summed E-state index contributed by atoms with van der Waals surface area (Å²) in [6.07, 6.45) is 0.933. The largest absolute Gasteiger partial charge is 0.450 e. The first-order valence-corrected chi connectivity index (χ1v) is 7.46. The van der Waals surface area contributed by atoms with Gasteiger partial charge in [-0.3, -0.25) is 0 Å². The summed E-state index contributed by atoms with van der Waals surface area (Å²) >= 11 is 0. The van der Waals surface area contributed by atoms with E-state index in [1.807, 2.05) is 6.92 Å². The molecule has 0 bridgehead atoms. The number of carbonyl (C=O) groups excluding carboxylic acids is 1. The number of carbonyl (C=O) groups is 1.